The summed E-state index contributed by atoms with van der Waals surface area (Å²) in [5.41, 5.74) is -0.960. The van der Waals surface area contributed by atoms with Gasteiger partial charge in [0.05, 0.1) is 5.69 Å². The number of aromatic nitrogens is 2. The zero-order valence-corrected chi connectivity index (χ0v) is 12.1. The second-order valence-electron chi connectivity index (χ2n) is 5.28. The number of halogens is 4. The number of nitrogens with zero attached hydrogens (tertiary/aromatic N) is 3. The van der Waals surface area contributed by atoms with Crippen molar-refractivity contribution in [3.05, 3.63) is 16.4 Å². The van der Waals surface area contributed by atoms with E-state index < -0.39 is 11.8 Å². The van der Waals surface area contributed by atoms with Crippen LogP contribution in [-0.2, 0) is 13.6 Å². The Bertz CT molecular complexity index is 493. The molecule has 8 heteroatoms. The number of aryl methyl sites for hydroxylation is 2. The third-order valence-corrected chi connectivity index (χ3v) is 4.34. The van der Waals surface area contributed by atoms with Crippen molar-refractivity contribution in [2.45, 2.75) is 38.1 Å². The first-order valence-corrected chi connectivity index (χ1v) is 6.71. The van der Waals surface area contributed by atoms with E-state index in [1.165, 1.54) is 0 Å². The van der Waals surface area contributed by atoms with Gasteiger partial charge < -0.3 is 5.11 Å². The fourth-order valence-electron chi connectivity index (χ4n) is 2.44. The molecule has 0 saturated carbocycles. The molecule has 1 aliphatic heterocycles. The molecule has 0 radical (unpaired) electrons. The number of aliphatic hydroxyl groups is 1. The Morgan fingerprint density at radius 3 is 2.30 bits per heavy atom. The van der Waals surface area contributed by atoms with Gasteiger partial charge in [-0.1, -0.05) is 11.6 Å². The molecule has 20 heavy (non-hydrogen) atoms. The number of rotatable bonds is 2. The lowest BCUT2D eigenvalue weighted by molar-refractivity contribution is -0.272. The number of hydrogen-bond donors (Lipinski definition) is 1. The van der Waals surface area contributed by atoms with Crippen molar-refractivity contribution in [1.29, 1.82) is 0 Å². The Labute approximate surface area is 120 Å². The molecule has 4 nitrogen and oxygen atoms in total. The zero-order chi connectivity index (χ0) is 15.1. The van der Waals surface area contributed by atoms with E-state index in [9.17, 15) is 18.3 Å². The first kappa shape index (κ1) is 15.6. The molecule has 0 spiro atoms. The third-order valence-electron chi connectivity index (χ3n) is 3.86. The van der Waals surface area contributed by atoms with Crippen molar-refractivity contribution in [3.8, 4) is 0 Å². The van der Waals surface area contributed by atoms with E-state index in [-0.39, 0.29) is 25.9 Å². The van der Waals surface area contributed by atoms with E-state index in [1.807, 2.05) is 11.8 Å². The summed E-state index contributed by atoms with van der Waals surface area (Å²) in [5.74, 6) is 0. The maximum Gasteiger partial charge on any atom is 0.417 e. The number of likely N-dealkylation sites (tertiary alicyclic amines) is 1. The van der Waals surface area contributed by atoms with Gasteiger partial charge in [-0.2, -0.15) is 18.3 Å². The van der Waals surface area contributed by atoms with E-state index in [1.54, 1.807) is 11.7 Å². The molecular weight excluding hydrogens is 295 g/mol. The van der Waals surface area contributed by atoms with Gasteiger partial charge >= 0.3 is 6.18 Å². The minimum atomic E-state index is -4.57. The molecule has 1 saturated heterocycles. The quantitative estimate of drug-likeness (QED) is 0.911. The number of alkyl halides is 3. The molecule has 0 aromatic carbocycles. The monoisotopic (exact) mass is 311 g/mol. The highest BCUT2D eigenvalue weighted by Crippen LogP contribution is 2.38. The van der Waals surface area contributed by atoms with E-state index >= 15 is 0 Å². The van der Waals surface area contributed by atoms with Gasteiger partial charge in [0.25, 0.3) is 0 Å². The van der Waals surface area contributed by atoms with Gasteiger partial charge in [0, 0.05) is 32.2 Å². The minimum Gasteiger partial charge on any atom is -0.380 e. The maximum absolute atomic E-state index is 12.7. The second kappa shape index (κ2) is 5.20. The number of piperidine rings is 1. The van der Waals surface area contributed by atoms with Gasteiger partial charge in [-0.15, -0.1) is 0 Å². The molecule has 114 valence electrons. The van der Waals surface area contributed by atoms with Gasteiger partial charge in [-0.25, -0.2) is 0 Å². The summed E-state index contributed by atoms with van der Waals surface area (Å²) in [6, 6.07) is 0. The summed E-state index contributed by atoms with van der Waals surface area (Å²) in [6.45, 7) is 2.63. The Morgan fingerprint density at radius 1 is 1.35 bits per heavy atom. The molecule has 0 atom stereocenters. The van der Waals surface area contributed by atoms with Crippen LogP contribution in [0.15, 0.2) is 0 Å². The molecule has 1 aromatic heterocycles. The van der Waals surface area contributed by atoms with Crippen molar-refractivity contribution >= 4 is 11.6 Å². The van der Waals surface area contributed by atoms with E-state index in [4.69, 9.17) is 11.6 Å². The largest absolute Gasteiger partial charge is 0.417 e. The van der Waals surface area contributed by atoms with Crippen LogP contribution in [0.2, 0.25) is 5.15 Å². The van der Waals surface area contributed by atoms with E-state index in [0.29, 0.717) is 11.7 Å². The third kappa shape index (κ3) is 2.80. The zero-order valence-electron chi connectivity index (χ0n) is 11.3. The lowest BCUT2D eigenvalue weighted by Gasteiger charge is -2.39. The van der Waals surface area contributed by atoms with Crippen LogP contribution >= 0.6 is 11.6 Å². The summed E-state index contributed by atoms with van der Waals surface area (Å²) >= 11 is 6.11. The van der Waals surface area contributed by atoms with E-state index in [0.717, 1.165) is 11.3 Å². The molecular formula is C12H17ClF3N3O. The summed E-state index contributed by atoms with van der Waals surface area (Å²) in [5, 5.41) is 14.3. The summed E-state index contributed by atoms with van der Waals surface area (Å²) in [6.07, 6.45) is -5.19. The summed E-state index contributed by atoms with van der Waals surface area (Å²) < 4.78 is 39.7. The lowest BCUT2D eigenvalue weighted by Crippen LogP contribution is -2.53. The Morgan fingerprint density at radius 2 is 1.90 bits per heavy atom. The standard InChI is InChI=1S/C12H17ClF3N3O/c1-8-9(10(13)18(2)17-8)7-19-5-3-11(20,4-6-19)12(14,15)16/h20H,3-7H2,1-2H3. The molecule has 1 aliphatic rings. The van der Waals surface area contributed by atoms with Crippen LogP contribution in [0.4, 0.5) is 13.2 Å². The summed E-state index contributed by atoms with van der Waals surface area (Å²) in [7, 11) is 1.72. The minimum absolute atomic E-state index is 0.181. The lowest BCUT2D eigenvalue weighted by atomic mass is 9.90. The normalized spacial score (nSPS) is 20.4. The van der Waals surface area contributed by atoms with Gasteiger partial charge in [0.15, 0.2) is 5.60 Å². The maximum atomic E-state index is 12.7. The SMILES string of the molecule is Cc1nn(C)c(Cl)c1CN1CCC(O)(C(F)(F)F)CC1. The van der Waals surface area contributed by atoms with Crippen LogP contribution in [0.3, 0.4) is 0 Å². The highest BCUT2D eigenvalue weighted by molar-refractivity contribution is 6.30. The first-order chi connectivity index (χ1) is 9.14. The second-order valence-corrected chi connectivity index (χ2v) is 5.64. The van der Waals surface area contributed by atoms with Crippen LogP contribution in [0.1, 0.15) is 24.1 Å². The molecule has 2 rings (SSSR count). The van der Waals surface area contributed by atoms with Crippen molar-refractivity contribution < 1.29 is 18.3 Å². The van der Waals surface area contributed by atoms with Gasteiger partial charge in [-0.3, -0.25) is 9.58 Å². The molecule has 0 amide bonds. The number of hydrogen-bond acceptors (Lipinski definition) is 3. The molecule has 0 aliphatic carbocycles. The molecule has 1 N–H and O–H groups in total. The highest BCUT2D eigenvalue weighted by atomic mass is 35.5. The predicted octanol–water partition coefficient (Wildman–Crippen LogP) is 2.27. The smallest absolute Gasteiger partial charge is 0.380 e. The Hall–Kier alpha value is -0.790. The first-order valence-electron chi connectivity index (χ1n) is 6.33. The Balaban J connectivity index is 2.02. The summed E-state index contributed by atoms with van der Waals surface area (Å²) in [4.78, 5) is 1.86. The molecule has 2 heterocycles. The van der Waals surface area contributed by atoms with Crippen molar-refractivity contribution in [2.24, 2.45) is 7.05 Å². The average molecular weight is 312 g/mol. The van der Waals surface area contributed by atoms with Crippen molar-refractivity contribution in [1.82, 2.24) is 14.7 Å². The predicted molar refractivity (Wildman–Crippen MR) is 68.5 cm³/mol. The van der Waals surface area contributed by atoms with Gasteiger partial charge in [-0.05, 0) is 19.8 Å². The fraction of sp³-hybridized carbons (Fsp3) is 0.750. The van der Waals surface area contributed by atoms with Crippen molar-refractivity contribution in [2.75, 3.05) is 13.1 Å². The van der Waals surface area contributed by atoms with Crippen LogP contribution in [0.25, 0.3) is 0 Å². The highest BCUT2D eigenvalue weighted by Gasteiger charge is 2.54. The van der Waals surface area contributed by atoms with E-state index in [2.05, 4.69) is 5.10 Å². The molecule has 0 unspecified atom stereocenters. The molecule has 0 bridgehead atoms. The molecule has 1 aromatic rings. The average Bonchev–Trinajstić information content (AvgIpc) is 2.57. The van der Waals surface area contributed by atoms with Crippen LogP contribution in [0.5, 0.6) is 0 Å². The van der Waals surface area contributed by atoms with Crippen molar-refractivity contribution in [3.63, 3.8) is 0 Å². The van der Waals surface area contributed by atoms with Gasteiger partial charge in [0.1, 0.15) is 5.15 Å². The van der Waals surface area contributed by atoms with Crippen LogP contribution < -0.4 is 0 Å². The molecule has 1 fully saturated rings. The Kier molecular flexibility index (Phi) is 4.05. The van der Waals surface area contributed by atoms with Crippen LogP contribution in [-0.4, -0.2) is 44.7 Å². The fourth-order valence-corrected chi connectivity index (χ4v) is 2.68. The van der Waals surface area contributed by atoms with Gasteiger partial charge in [0.2, 0.25) is 0 Å². The van der Waals surface area contributed by atoms with Crippen LogP contribution in [0, 0.1) is 6.92 Å². The topological polar surface area (TPSA) is 41.3 Å².